The summed E-state index contributed by atoms with van der Waals surface area (Å²) in [5.74, 6) is 0. The molecular weight excluding hydrogens is 385 g/mol. The second-order valence-corrected chi connectivity index (χ2v) is 8.61. The molecule has 1 amide bonds. The number of halogens is 3. The van der Waals surface area contributed by atoms with Crippen LogP contribution in [0, 0.1) is 5.41 Å². The van der Waals surface area contributed by atoms with Crippen LogP contribution in [0.15, 0.2) is 18.2 Å². The highest BCUT2D eigenvalue weighted by atomic mass is 19.4. The number of hydrogen-bond donors (Lipinski definition) is 0. The molecule has 1 aromatic carbocycles. The molecule has 0 N–H and O–H groups in total. The van der Waals surface area contributed by atoms with E-state index in [1.807, 2.05) is 0 Å². The smallest absolute Gasteiger partial charge is 0.425 e. The van der Waals surface area contributed by atoms with Gasteiger partial charge in [0.15, 0.2) is 6.10 Å². The van der Waals surface area contributed by atoms with Crippen molar-refractivity contribution in [3.8, 4) is 0 Å². The van der Waals surface area contributed by atoms with Gasteiger partial charge in [-0.3, -0.25) is 4.90 Å². The van der Waals surface area contributed by atoms with Crippen LogP contribution < -0.4 is 0 Å². The number of nitrogens with zero attached hydrogens (tertiary/aromatic N) is 2. The monoisotopic (exact) mass is 412 g/mol. The standard InChI is InChI=1S/C21H27F3N2O3/c1-15(21(22,23)24)29-19(27)26-8-5-20(6-9-26)4-7-25(14-20)11-16-2-3-17-12-28-13-18(17)10-16/h2-3,10,15H,4-9,11-14H2,1H3. The zero-order chi connectivity index (χ0) is 20.6. The number of hydrogen-bond acceptors (Lipinski definition) is 4. The highest BCUT2D eigenvalue weighted by molar-refractivity contribution is 5.68. The van der Waals surface area contributed by atoms with Crippen molar-refractivity contribution in [2.45, 2.75) is 58.2 Å². The normalized spacial score (nSPS) is 22.7. The minimum Gasteiger partial charge on any atom is -0.437 e. The van der Waals surface area contributed by atoms with Gasteiger partial charge in [0.1, 0.15) is 0 Å². The average Bonchev–Trinajstić information content (AvgIpc) is 3.28. The average molecular weight is 412 g/mol. The molecule has 0 saturated carbocycles. The Bertz CT molecular complexity index is 760. The number of piperidine rings is 1. The molecule has 0 bridgehead atoms. The number of likely N-dealkylation sites (tertiary alicyclic amines) is 2. The Morgan fingerprint density at radius 2 is 1.86 bits per heavy atom. The molecule has 29 heavy (non-hydrogen) atoms. The van der Waals surface area contributed by atoms with E-state index in [0.717, 1.165) is 45.8 Å². The van der Waals surface area contributed by atoms with Gasteiger partial charge in [-0.05, 0) is 54.8 Å². The number of fused-ring (bicyclic) bond motifs is 1. The van der Waals surface area contributed by atoms with E-state index in [1.165, 1.54) is 21.6 Å². The summed E-state index contributed by atoms with van der Waals surface area (Å²) in [6.45, 7) is 6.01. The van der Waals surface area contributed by atoms with Gasteiger partial charge < -0.3 is 14.4 Å². The van der Waals surface area contributed by atoms with E-state index in [4.69, 9.17) is 4.74 Å². The first-order chi connectivity index (χ1) is 13.7. The van der Waals surface area contributed by atoms with E-state index < -0.39 is 18.4 Å². The summed E-state index contributed by atoms with van der Waals surface area (Å²) >= 11 is 0. The molecule has 5 nitrogen and oxygen atoms in total. The number of amides is 1. The van der Waals surface area contributed by atoms with Crippen LogP contribution in [0.1, 0.15) is 42.9 Å². The van der Waals surface area contributed by atoms with Crippen molar-refractivity contribution in [1.82, 2.24) is 9.80 Å². The van der Waals surface area contributed by atoms with Gasteiger partial charge >= 0.3 is 12.3 Å². The number of ether oxygens (including phenoxy) is 2. The molecule has 2 fully saturated rings. The van der Waals surface area contributed by atoms with Gasteiger partial charge in [0, 0.05) is 26.2 Å². The predicted octanol–water partition coefficient (Wildman–Crippen LogP) is 4.09. The molecule has 160 valence electrons. The van der Waals surface area contributed by atoms with Crippen LogP contribution in [-0.4, -0.2) is 54.4 Å². The fourth-order valence-corrected chi connectivity index (χ4v) is 4.61. The van der Waals surface area contributed by atoms with E-state index in [2.05, 4.69) is 27.8 Å². The molecule has 2 saturated heterocycles. The zero-order valence-corrected chi connectivity index (χ0v) is 16.6. The Morgan fingerprint density at radius 3 is 2.59 bits per heavy atom. The minimum atomic E-state index is -4.53. The van der Waals surface area contributed by atoms with Crippen molar-refractivity contribution >= 4 is 6.09 Å². The number of rotatable bonds is 3. The van der Waals surface area contributed by atoms with Gasteiger partial charge in [0.05, 0.1) is 13.2 Å². The molecule has 3 aliphatic heterocycles. The Hall–Kier alpha value is -1.80. The van der Waals surface area contributed by atoms with Crippen LogP contribution in [0.4, 0.5) is 18.0 Å². The van der Waals surface area contributed by atoms with E-state index in [9.17, 15) is 18.0 Å². The SMILES string of the molecule is CC(OC(=O)N1CCC2(CCN(Cc3ccc4c(c3)COC4)C2)CC1)C(F)(F)F. The van der Waals surface area contributed by atoms with Crippen molar-refractivity contribution in [2.24, 2.45) is 5.41 Å². The number of benzene rings is 1. The van der Waals surface area contributed by atoms with Crippen LogP contribution in [-0.2, 0) is 29.2 Å². The number of alkyl halides is 3. The second kappa shape index (κ2) is 7.80. The third-order valence-corrected chi connectivity index (χ3v) is 6.53. The summed E-state index contributed by atoms with van der Waals surface area (Å²) in [5.41, 5.74) is 3.97. The van der Waals surface area contributed by atoms with E-state index in [1.54, 1.807) is 0 Å². The number of carbonyl (C=O) groups excluding carboxylic acids is 1. The van der Waals surface area contributed by atoms with Crippen molar-refractivity contribution in [3.63, 3.8) is 0 Å². The van der Waals surface area contributed by atoms with Gasteiger partial charge in [0.25, 0.3) is 0 Å². The third-order valence-electron chi connectivity index (χ3n) is 6.53. The topological polar surface area (TPSA) is 42.0 Å². The molecular formula is C21H27F3N2O3. The molecule has 0 aromatic heterocycles. The maximum absolute atomic E-state index is 12.6. The summed E-state index contributed by atoms with van der Waals surface area (Å²) < 4.78 is 47.9. The lowest BCUT2D eigenvalue weighted by Gasteiger charge is -2.39. The van der Waals surface area contributed by atoms with Gasteiger partial charge in [-0.1, -0.05) is 18.2 Å². The van der Waals surface area contributed by atoms with E-state index in [0.29, 0.717) is 26.3 Å². The molecule has 1 spiro atoms. The van der Waals surface area contributed by atoms with Crippen LogP contribution in [0.2, 0.25) is 0 Å². The lowest BCUT2D eigenvalue weighted by atomic mass is 9.78. The Kier molecular flexibility index (Phi) is 5.50. The lowest BCUT2D eigenvalue weighted by molar-refractivity contribution is -0.200. The summed E-state index contributed by atoms with van der Waals surface area (Å²) in [7, 11) is 0. The fourth-order valence-electron chi connectivity index (χ4n) is 4.61. The van der Waals surface area contributed by atoms with Crippen LogP contribution in [0.3, 0.4) is 0 Å². The second-order valence-electron chi connectivity index (χ2n) is 8.61. The summed E-state index contributed by atoms with van der Waals surface area (Å²) in [6, 6.07) is 6.54. The zero-order valence-electron chi connectivity index (χ0n) is 16.6. The van der Waals surface area contributed by atoms with Gasteiger partial charge in [-0.2, -0.15) is 13.2 Å². The van der Waals surface area contributed by atoms with Crippen molar-refractivity contribution in [2.75, 3.05) is 26.2 Å². The molecule has 1 aromatic rings. The van der Waals surface area contributed by atoms with Gasteiger partial charge in [-0.15, -0.1) is 0 Å². The largest absolute Gasteiger partial charge is 0.437 e. The van der Waals surface area contributed by atoms with Crippen LogP contribution in [0.25, 0.3) is 0 Å². The molecule has 0 aliphatic carbocycles. The maximum Gasteiger partial charge on any atom is 0.425 e. The molecule has 1 atom stereocenters. The third kappa shape index (κ3) is 4.53. The van der Waals surface area contributed by atoms with Crippen molar-refractivity contribution in [3.05, 3.63) is 34.9 Å². The molecule has 1 unspecified atom stereocenters. The molecule has 3 heterocycles. The van der Waals surface area contributed by atoms with E-state index in [-0.39, 0.29) is 5.41 Å². The highest BCUT2D eigenvalue weighted by Crippen LogP contribution is 2.41. The molecule has 8 heteroatoms. The fraction of sp³-hybridized carbons (Fsp3) is 0.667. The highest BCUT2D eigenvalue weighted by Gasteiger charge is 2.43. The lowest BCUT2D eigenvalue weighted by Crippen LogP contribution is -2.46. The molecule has 0 radical (unpaired) electrons. The summed E-state index contributed by atoms with van der Waals surface area (Å²) in [6.07, 6.45) is -4.80. The van der Waals surface area contributed by atoms with Gasteiger partial charge in [0.2, 0.25) is 0 Å². The predicted molar refractivity (Wildman–Crippen MR) is 100 cm³/mol. The Morgan fingerprint density at radius 1 is 1.17 bits per heavy atom. The summed E-state index contributed by atoms with van der Waals surface area (Å²) in [5, 5.41) is 0. The Balaban J connectivity index is 1.28. The van der Waals surface area contributed by atoms with Crippen LogP contribution >= 0.6 is 0 Å². The minimum absolute atomic E-state index is 0.145. The van der Waals surface area contributed by atoms with Crippen molar-refractivity contribution in [1.29, 1.82) is 0 Å². The molecule has 4 rings (SSSR count). The van der Waals surface area contributed by atoms with E-state index >= 15 is 0 Å². The summed E-state index contributed by atoms with van der Waals surface area (Å²) in [4.78, 5) is 15.9. The first-order valence-corrected chi connectivity index (χ1v) is 10.2. The quantitative estimate of drug-likeness (QED) is 0.750. The maximum atomic E-state index is 12.6. The Labute approximate surface area is 168 Å². The van der Waals surface area contributed by atoms with Gasteiger partial charge in [-0.25, -0.2) is 4.79 Å². The van der Waals surface area contributed by atoms with Crippen LogP contribution in [0.5, 0.6) is 0 Å². The first-order valence-electron chi connectivity index (χ1n) is 10.2. The number of carbonyl (C=O) groups is 1. The first kappa shape index (κ1) is 20.5. The van der Waals surface area contributed by atoms with Crippen molar-refractivity contribution < 1.29 is 27.4 Å². The molecule has 3 aliphatic rings.